The summed E-state index contributed by atoms with van der Waals surface area (Å²) in [6.45, 7) is 3.02. The van der Waals surface area contributed by atoms with Crippen LogP contribution in [0.15, 0.2) is 0 Å². The van der Waals surface area contributed by atoms with E-state index in [0.29, 0.717) is 4.00 Å². The van der Waals surface area contributed by atoms with E-state index >= 15 is 0 Å². The molecule has 0 aliphatic rings. The molecular weight excluding hydrogens is 97.5 g/mol. The first-order valence-electron chi connectivity index (χ1n) is 2.09. The second-order valence-electron chi connectivity index (χ2n) is 1.85. The Balaban J connectivity index is 3.17. The molecule has 0 amide bonds. The second kappa shape index (κ2) is 1.80. The molecule has 0 fully saturated rings. The van der Waals surface area contributed by atoms with E-state index in [1.165, 1.54) is 0 Å². The van der Waals surface area contributed by atoms with Crippen LogP contribution in [0.4, 0.5) is 0 Å². The zero-order chi connectivity index (χ0) is 5.21. The van der Waals surface area contributed by atoms with Gasteiger partial charge in [-0.1, -0.05) is 0 Å². The highest BCUT2D eigenvalue weighted by Gasteiger charge is 2.03. The number of rotatable bonds is 1. The minimum atomic E-state index is 0.542. The van der Waals surface area contributed by atoms with Gasteiger partial charge in [-0.2, -0.15) is 0 Å². The molecule has 6 heavy (non-hydrogen) atoms. The Labute approximate surface area is 44.2 Å². The van der Waals surface area contributed by atoms with Crippen LogP contribution in [0.2, 0.25) is 0 Å². The van der Waals surface area contributed by atoms with Crippen LogP contribution in [0.25, 0.3) is 0 Å². The monoisotopic (exact) mass is 108 g/mol. The van der Waals surface area contributed by atoms with Gasteiger partial charge in [0, 0.05) is 0 Å². The second-order valence-corrected chi connectivity index (χ2v) is 2.77. The molecule has 0 heterocycles. The lowest BCUT2D eigenvalue weighted by Gasteiger charge is -2.13. The van der Waals surface area contributed by atoms with E-state index in [1.54, 1.807) is 0 Å². The third-order valence-corrected chi connectivity index (χ3v) is 0.991. The first-order chi connectivity index (χ1) is 2.56. The molecule has 0 radical (unpaired) electrons. The molecule has 0 saturated heterocycles. The van der Waals surface area contributed by atoms with Gasteiger partial charge in [0.1, 0.15) is 0 Å². The first-order valence-corrected chi connectivity index (χ1v) is 2.42. The average Bonchev–Trinajstić information content (AvgIpc) is 1.35. The number of nitrogens with zero attached hydrogens (tertiary/aromatic N) is 1. The van der Waals surface area contributed by atoms with Gasteiger partial charge in [-0.25, -0.2) is 4.00 Å². The highest BCUT2D eigenvalue weighted by molar-refractivity contribution is 6.06. The number of quaternary nitrogens is 1. The van der Waals surface area contributed by atoms with Crippen molar-refractivity contribution < 1.29 is 4.00 Å². The Morgan fingerprint density at radius 2 is 1.67 bits per heavy atom. The Morgan fingerprint density at radius 3 is 1.67 bits per heavy atom. The predicted molar refractivity (Wildman–Crippen MR) is 28.5 cm³/mol. The summed E-state index contributed by atoms with van der Waals surface area (Å²) in [5, 5.41) is 0. The Hall–Kier alpha value is 0.250. The predicted octanol–water partition coefficient (Wildman–Crippen LogP) is 1.24. The Kier molecular flexibility index (Phi) is 1.88. The zero-order valence-electron chi connectivity index (χ0n) is 4.53. The van der Waals surface area contributed by atoms with Crippen LogP contribution in [0.3, 0.4) is 0 Å². The van der Waals surface area contributed by atoms with Crippen molar-refractivity contribution in [1.29, 1.82) is 0 Å². The maximum Gasteiger partial charge on any atom is 0.164 e. The van der Waals surface area contributed by atoms with Crippen LogP contribution >= 0.6 is 11.8 Å². The zero-order valence-corrected chi connectivity index (χ0v) is 5.29. The molecule has 0 N–H and O–H groups in total. The van der Waals surface area contributed by atoms with Crippen LogP contribution in [0.5, 0.6) is 0 Å². The molecule has 0 aromatic heterocycles. The lowest BCUT2D eigenvalue weighted by Crippen LogP contribution is -2.26. The van der Waals surface area contributed by atoms with Crippen molar-refractivity contribution in [3.63, 3.8) is 0 Å². The topological polar surface area (TPSA) is 0 Å². The fourth-order valence-electron chi connectivity index (χ4n) is 0. The molecular formula is C4H11ClN+. The molecule has 0 aromatic rings. The number of hydrogen-bond donors (Lipinski definition) is 0. The lowest BCUT2D eigenvalue weighted by atomic mass is 10.7. The van der Waals surface area contributed by atoms with Gasteiger partial charge in [0.2, 0.25) is 0 Å². The van der Waals surface area contributed by atoms with Crippen molar-refractivity contribution in [1.82, 2.24) is 0 Å². The maximum atomic E-state index is 5.66. The van der Waals surface area contributed by atoms with Crippen molar-refractivity contribution in [2.75, 3.05) is 20.6 Å². The van der Waals surface area contributed by atoms with Gasteiger partial charge >= 0.3 is 0 Å². The minimum Gasteiger partial charge on any atom is -0.227 e. The summed E-state index contributed by atoms with van der Waals surface area (Å²) >= 11 is 5.66. The molecule has 0 atom stereocenters. The van der Waals surface area contributed by atoms with Crippen LogP contribution in [0.1, 0.15) is 6.92 Å². The van der Waals surface area contributed by atoms with Gasteiger partial charge in [-0.3, -0.25) is 0 Å². The smallest absolute Gasteiger partial charge is 0.164 e. The summed E-state index contributed by atoms with van der Waals surface area (Å²) in [6.07, 6.45) is 0. The minimum absolute atomic E-state index is 0.542. The molecule has 0 spiro atoms. The van der Waals surface area contributed by atoms with E-state index < -0.39 is 0 Å². The van der Waals surface area contributed by atoms with Crippen molar-refractivity contribution in [3.8, 4) is 0 Å². The third kappa shape index (κ3) is 4.25. The Morgan fingerprint density at radius 1 is 1.50 bits per heavy atom. The van der Waals surface area contributed by atoms with E-state index in [2.05, 4.69) is 0 Å². The van der Waals surface area contributed by atoms with Crippen molar-refractivity contribution in [2.45, 2.75) is 6.92 Å². The highest BCUT2D eigenvalue weighted by atomic mass is 35.5. The standard InChI is InChI=1S/C4H11ClN/c1-4-6(2,3)5/h4H2,1-3H3/q+1. The SMILES string of the molecule is CC[N+](C)(C)Cl. The first kappa shape index (κ1) is 6.25. The number of hydrogen-bond acceptors (Lipinski definition) is 0. The summed E-state index contributed by atoms with van der Waals surface area (Å²) in [5.41, 5.74) is 0. The average molecular weight is 109 g/mol. The number of halogens is 1. The summed E-state index contributed by atoms with van der Waals surface area (Å²) in [4.78, 5) is 0. The largest absolute Gasteiger partial charge is 0.227 e. The van der Waals surface area contributed by atoms with Crippen molar-refractivity contribution >= 4 is 11.8 Å². The molecule has 0 aliphatic carbocycles. The summed E-state index contributed by atoms with van der Waals surface area (Å²) in [6, 6.07) is 0. The van der Waals surface area contributed by atoms with Crippen molar-refractivity contribution in [3.05, 3.63) is 0 Å². The molecule has 38 valence electrons. The van der Waals surface area contributed by atoms with E-state index in [-0.39, 0.29) is 0 Å². The van der Waals surface area contributed by atoms with Gasteiger partial charge in [-0.05, 0) is 6.92 Å². The molecule has 0 rings (SSSR count). The lowest BCUT2D eigenvalue weighted by molar-refractivity contribution is -0.769. The van der Waals surface area contributed by atoms with Gasteiger partial charge in [0.25, 0.3) is 0 Å². The fraction of sp³-hybridized carbons (Fsp3) is 1.00. The van der Waals surface area contributed by atoms with Crippen molar-refractivity contribution in [2.24, 2.45) is 0 Å². The Bertz CT molecular complexity index is 37.3. The molecule has 0 unspecified atom stereocenters. The highest BCUT2D eigenvalue weighted by Crippen LogP contribution is 1.97. The molecule has 0 saturated carbocycles. The van der Waals surface area contributed by atoms with E-state index in [9.17, 15) is 0 Å². The van der Waals surface area contributed by atoms with E-state index in [1.807, 2.05) is 21.0 Å². The molecule has 2 heteroatoms. The van der Waals surface area contributed by atoms with Gasteiger partial charge < -0.3 is 0 Å². The quantitative estimate of drug-likeness (QED) is 0.444. The summed E-state index contributed by atoms with van der Waals surface area (Å²) in [7, 11) is 3.89. The third-order valence-electron chi connectivity index (χ3n) is 0.752. The maximum absolute atomic E-state index is 5.66. The van der Waals surface area contributed by atoms with E-state index in [0.717, 1.165) is 6.54 Å². The molecule has 1 nitrogen and oxygen atoms in total. The molecule has 0 aliphatic heterocycles. The van der Waals surface area contributed by atoms with E-state index in [4.69, 9.17) is 11.8 Å². The van der Waals surface area contributed by atoms with Crippen LogP contribution in [-0.4, -0.2) is 24.6 Å². The molecule has 0 bridgehead atoms. The van der Waals surface area contributed by atoms with Crippen LogP contribution < -0.4 is 0 Å². The molecule has 0 aromatic carbocycles. The fourth-order valence-corrected chi connectivity index (χ4v) is 0. The van der Waals surface area contributed by atoms with Gasteiger partial charge in [0.15, 0.2) is 11.8 Å². The normalized spacial score (nSPS) is 12.0. The van der Waals surface area contributed by atoms with Gasteiger partial charge in [-0.15, -0.1) is 0 Å². The van der Waals surface area contributed by atoms with Crippen LogP contribution in [-0.2, 0) is 0 Å². The van der Waals surface area contributed by atoms with Gasteiger partial charge in [0.05, 0.1) is 20.6 Å². The summed E-state index contributed by atoms with van der Waals surface area (Å²) in [5.74, 6) is 0. The summed E-state index contributed by atoms with van der Waals surface area (Å²) < 4.78 is 0.542. The van der Waals surface area contributed by atoms with Crippen LogP contribution in [0, 0.1) is 0 Å².